The summed E-state index contributed by atoms with van der Waals surface area (Å²) in [6.07, 6.45) is 5.55. The molecule has 1 N–H and O–H groups in total. The Morgan fingerprint density at radius 1 is 1.22 bits per heavy atom. The van der Waals surface area contributed by atoms with E-state index < -0.39 is 0 Å². The average Bonchev–Trinajstić information content (AvgIpc) is 2.40. The number of nitrogens with zero attached hydrogens (tertiary/aromatic N) is 2. The van der Waals surface area contributed by atoms with Crippen LogP contribution in [0.25, 0.3) is 0 Å². The van der Waals surface area contributed by atoms with Crippen LogP contribution in [0.5, 0.6) is 0 Å². The highest BCUT2D eigenvalue weighted by atomic mass is 127. The summed E-state index contributed by atoms with van der Waals surface area (Å²) in [5.74, 6) is 1.31. The number of benzene rings is 1. The van der Waals surface area contributed by atoms with Crippen LogP contribution in [0.15, 0.2) is 36.7 Å². The molecule has 0 bridgehead atoms. The molecule has 0 fully saturated rings. The summed E-state index contributed by atoms with van der Waals surface area (Å²) in [6.45, 7) is 0. The summed E-state index contributed by atoms with van der Waals surface area (Å²) in [6, 6.07) is 8.24. The summed E-state index contributed by atoms with van der Waals surface area (Å²) in [4.78, 5) is 8.43. The second-order valence-electron chi connectivity index (χ2n) is 3.84. The maximum atomic E-state index is 5.70. The van der Waals surface area contributed by atoms with Gasteiger partial charge in [-0.3, -0.25) is 0 Å². The number of alkyl halides is 1. The number of hydrogen-bond acceptors (Lipinski definition) is 3. The molecule has 1 aromatic heterocycles. The fraction of sp³-hybridized carbons (Fsp3) is 0.231. The molecule has 18 heavy (non-hydrogen) atoms. The van der Waals surface area contributed by atoms with E-state index in [2.05, 4.69) is 50.0 Å². The van der Waals surface area contributed by atoms with E-state index in [9.17, 15) is 0 Å². The van der Waals surface area contributed by atoms with Gasteiger partial charge in [-0.25, -0.2) is 9.97 Å². The van der Waals surface area contributed by atoms with Crippen molar-refractivity contribution in [1.82, 2.24) is 9.97 Å². The standard InChI is InChI=1S/C13H13ClIN3/c14-6-2-4-10-3-1-5-12(7-10)18-13-16-8-11(15)9-17-13/h1,3,5,7-9H,2,4,6H2,(H,16,17,18). The van der Waals surface area contributed by atoms with Gasteiger partial charge in [-0.2, -0.15) is 0 Å². The Labute approximate surface area is 125 Å². The Bertz CT molecular complexity index is 502. The molecule has 0 saturated carbocycles. The van der Waals surface area contributed by atoms with Crippen LogP contribution < -0.4 is 5.32 Å². The van der Waals surface area contributed by atoms with E-state index in [4.69, 9.17) is 11.6 Å². The zero-order valence-corrected chi connectivity index (χ0v) is 12.6. The van der Waals surface area contributed by atoms with Crippen LogP contribution in [0.3, 0.4) is 0 Å². The van der Waals surface area contributed by atoms with Gasteiger partial charge in [0, 0.05) is 27.5 Å². The third-order valence-electron chi connectivity index (χ3n) is 2.40. The molecule has 5 heteroatoms. The van der Waals surface area contributed by atoms with Gasteiger partial charge in [-0.15, -0.1) is 11.6 Å². The molecule has 0 amide bonds. The number of aromatic nitrogens is 2. The molecule has 2 aromatic rings. The summed E-state index contributed by atoms with van der Waals surface area (Å²) < 4.78 is 1.02. The van der Waals surface area contributed by atoms with Crippen molar-refractivity contribution < 1.29 is 0 Å². The molecule has 0 saturated heterocycles. The van der Waals surface area contributed by atoms with Crippen LogP contribution in [0, 0.1) is 3.57 Å². The number of anilines is 2. The van der Waals surface area contributed by atoms with Gasteiger partial charge in [0.05, 0.1) is 0 Å². The first-order valence-electron chi connectivity index (χ1n) is 5.67. The van der Waals surface area contributed by atoms with Crippen molar-refractivity contribution in [3.63, 3.8) is 0 Å². The number of nitrogens with one attached hydrogen (secondary N) is 1. The Hall–Kier alpha value is -0.880. The van der Waals surface area contributed by atoms with Gasteiger partial charge >= 0.3 is 0 Å². The van der Waals surface area contributed by atoms with Crippen molar-refractivity contribution in [2.45, 2.75) is 12.8 Å². The molecule has 0 aliphatic heterocycles. The van der Waals surface area contributed by atoms with Gasteiger partial charge in [0.1, 0.15) is 0 Å². The van der Waals surface area contributed by atoms with Crippen molar-refractivity contribution in [3.05, 3.63) is 45.8 Å². The van der Waals surface area contributed by atoms with Crippen LogP contribution in [-0.4, -0.2) is 15.8 Å². The molecule has 0 spiro atoms. The molecule has 0 atom stereocenters. The van der Waals surface area contributed by atoms with E-state index in [1.807, 2.05) is 12.1 Å². The fourth-order valence-electron chi connectivity index (χ4n) is 1.58. The normalized spacial score (nSPS) is 10.3. The first kappa shape index (κ1) is 13.5. The topological polar surface area (TPSA) is 37.8 Å². The zero-order chi connectivity index (χ0) is 12.8. The summed E-state index contributed by atoms with van der Waals surface area (Å²) >= 11 is 7.88. The predicted molar refractivity (Wildman–Crippen MR) is 83.5 cm³/mol. The maximum Gasteiger partial charge on any atom is 0.227 e. The minimum absolute atomic E-state index is 0.616. The quantitative estimate of drug-likeness (QED) is 0.636. The summed E-state index contributed by atoms with van der Waals surface area (Å²) in [7, 11) is 0. The number of hydrogen-bond donors (Lipinski definition) is 1. The average molecular weight is 374 g/mol. The van der Waals surface area contributed by atoms with Crippen molar-refractivity contribution in [1.29, 1.82) is 0 Å². The highest BCUT2D eigenvalue weighted by Gasteiger charge is 1.99. The molecule has 1 aromatic carbocycles. The smallest absolute Gasteiger partial charge is 0.227 e. The monoisotopic (exact) mass is 373 g/mol. The summed E-state index contributed by atoms with van der Waals surface area (Å²) in [5.41, 5.74) is 2.27. The van der Waals surface area contributed by atoms with Crippen LogP contribution in [0.1, 0.15) is 12.0 Å². The molecule has 2 rings (SSSR count). The Morgan fingerprint density at radius 2 is 2.00 bits per heavy atom. The lowest BCUT2D eigenvalue weighted by Gasteiger charge is -2.06. The van der Waals surface area contributed by atoms with E-state index in [0.717, 1.165) is 22.1 Å². The van der Waals surface area contributed by atoms with Gasteiger partial charge in [-0.05, 0) is 53.1 Å². The van der Waals surface area contributed by atoms with Crippen molar-refractivity contribution in [3.8, 4) is 0 Å². The van der Waals surface area contributed by atoms with E-state index in [1.54, 1.807) is 12.4 Å². The first-order valence-corrected chi connectivity index (χ1v) is 7.29. The molecule has 94 valence electrons. The molecule has 0 radical (unpaired) electrons. The molecule has 0 unspecified atom stereocenters. The molecular weight excluding hydrogens is 361 g/mol. The first-order chi connectivity index (χ1) is 8.78. The Balaban J connectivity index is 2.06. The lowest BCUT2D eigenvalue weighted by atomic mass is 10.1. The minimum Gasteiger partial charge on any atom is -0.324 e. The number of halogens is 2. The molecule has 3 nitrogen and oxygen atoms in total. The van der Waals surface area contributed by atoms with Crippen LogP contribution in [0.4, 0.5) is 11.6 Å². The lowest BCUT2D eigenvalue weighted by Crippen LogP contribution is -1.97. The van der Waals surface area contributed by atoms with Gasteiger partial charge in [0.25, 0.3) is 0 Å². The fourth-order valence-corrected chi connectivity index (χ4v) is 1.99. The highest BCUT2D eigenvalue weighted by Crippen LogP contribution is 2.16. The SMILES string of the molecule is ClCCCc1cccc(Nc2ncc(I)cn2)c1. The third kappa shape index (κ3) is 4.10. The molecule has 0 aliphatic carbocycles. The van der Waals surface area contributed by atoms with Crippen molar-refractivity contribution in [2.75, 3.05) is 11.2 Å². The minimum atomic E-state index is 0.616. The van der Waals surface area contributed by atoms with E-state index in [0.29, 0.717) is 11.8 Å². The zero-order valence-electron chi connectivity index (χ0n) is 9.74. The highest BCUT2D eigenvalue weighted by molar-refractivity contribution is 14.1. The lowest BCUT2D eigenvalue weighted by molar-refractivity contribution is 0.929. The van der Waals surface area contributed by atoms with Gasteiger partial charge in [0.15, 0.2) is 0 Å². The molecule has 1 heterocycles. The van der Waals surface area contributed by atoms with Crippen molar-refractivity contribution >= 4 is 45.8 Å². The van der Waals surface area contributed by atoms with E-state index in [-0.39, 0.29) is 0 Å². The maximum absolute atomic E-state index is 5.70. The molecule has 0 aliphatic rings. The van der Waals surface area contributed by atoms with Crippen LogP contribution in [0.2, 0.25) is 0 Å². The van der Waals surface area contributed by atoms with Gasteiger partial charge in [-0.1, -0.05) is 12.1 Å². The Morgan fingerprint density at radius 3 is 2.72 bits per heavy atom. The van der Waals surface area contributed by atoms with Crippen LogP contribution in [-0.2, 0) is 6.42 Å². The second-order valence-corrected chi connectivity index (χ2v) is 5.47. The molecular formula is C13H13ClIN3. The Kier molecular flexibility index (Phi) is 5.19. The van der Waals surface area contributed by atoms with E-state index in [1.165, 1.54) is 5.56 Å². The third-order valence-corrected chi connectivity index (χ3v) is 3.23. The van der Waals surface area contributed by atoms with Gasteiger partial charge in [0.2, 0.25) is 5.95 Å². The van der Waals surface area contributed by atoms with Crippen molar-refractivity contribution in [2.24, 2.45) is 0 Å². The van der Waals surface area contributed by atoms with Crippen LogP contribution >= 0.6 is 34.2 Å². The van der Waals surface area contributed by atoms with E-state index >= 15 is 0 Å². The van der Waals surface area contributed by atoms with Gasteiger partial charge < -0.3 is 5.32 Å². The summed E-state index contributed by atoms with van der Waals surface area (Å²) in [5, 5.41) is 3.19. The number of rotatable bonds is 5. The number of aryl methyl sites for hydroxylation is 1. The second kappa shape index (κ2) is 6.89. The largest absolute Gasteiger partial charge is 0.324 e. The predicted octanol–water partition coefficient (Wildman–Crippen LogP) is 4.00.